The van der Waals surface area contributed by atoms with Gasteiger partial charge in [-0.2, -0.15) is 0 Å². The zero-order valence-electron chi connectivity index (χ0n) is 13.8. The van der Waals surface area contributed by atoms with Crippen LogP contribution in [0, 0.1) is 0 Å². The molecule has 0 aliphatic carbocycles. The van der Waals surface area contributed by atoms with E-state index in [1.807, 2.05) is 24.3 Å². The van der Waals surface area contributed by atoms with Crippen molar-refractivity contribution in [2.45, 2.75) is 19.0 Å². The third kappa shape index (κ3) is 3.11. The summed E-state index contributed by atoms with van der Waals surface area (Å²) in [6, 6.07) is 9.40. The van der Waals surface area contributed by atoms with E-state index in [2.05, 4.69) is 10.3 Å². The Hall–Kier alpha value is -2.77. The van der Waals surface area contributed by atoms with Gasteiger partial charge in [-0.3, -0.25) is 14.5 Å². The van der Waals surface area contributed by atoms with Gasteiger partial charge in [0, 0.05) is 11.8 Å². The number of anilines is 1. The molecule has 3 rings (SSSR count). The molecule has 2 atom stereocenters. The predicted octanol–water partition coefficient (Wildman–Crippen LogP) is 0.592. The van der Waals surface area contributed by atoms with Gasteiger partial charge in [0.2, 0.25) is 5.91 Å². The highest BCUT2D eigenvalue weighted by atomic mass is 16.3. The Labute approximate surface area is 145 Å². The van der Waals surface area contributed by atoms with Crippen LogP contribution in [0.3, 0.4) is 0 Å². The molecule has 4 N–H and O–H groups in total. The van der Waals surface area contributed by atoms with Crippen molar-refractivity contribution in [3.8, 4) is 11.1 Å². The first-order valence-corrected chi connectivity index (χ1v) is 8.07. The standard InChI is InChI=1S/C18H20N4O3/c1-11(19)17(24)21-15-13-6-3-2-5-12(13)14-7-4-8-20-16(14)22(9-10-23)18(15)25/h2-8,11,15,23H,9-10,19H2,1H3,(H,21,24)/t11-,15-/m0/s1. The van der Waals surface area contributed by atoms with E-state index >= 15 is 0 Å². The Morgan fingerprint density at radius 2 is 2.04 bits per heavy atom. The van der Waals surface area contributed by atoms with Gasteiger partial charge in [-0.25, -0.2) is 4.98 Å². The molecule has 0 radical (unpaired) electrons. The van der Waals surface area contributed by atoms with Crippen LogP contribution in [0.25, 0.3) is 11.1 Å². The molecule has 0 saturated heterocycles. The van der Waals surface area contributed by atoms with E-state index in [0.29, 0.717) is 11.4 Å². The summed E-state index contributed by atoms with van der Waals surface area (Å²) in [7, 11) is 0. The average molecular weight is 340 g/mol. The maximum atomic E-state index is 13.1. The Kier molecular flexibility index (Phi) is 4.78. The molecule has 1 aromatic heterocycles. The molecule has 0 spiro atoms. The van der Waals surface area contributed by atoms with Gasteiger partial charge in [-0.1, -0.05) is 24.3 Å². The van der Waals surface area contributed by atoms with Gasteiger partial charge >= 0.3 is 0 Å². The van der Waals surface area contributed by atoms with Gasteiger partial charge in [0.05, 0.1) is 19.2 Å². The number of hydrogen-bond acceptors (Lipinski definition) is 5. The summed E-state index contributed by atoms with van der Waals surface area (Å²) in [5, 5.41) is 12.1. The van der Waals surface area contributed by atoms with E-state index < -0.39 is 18.0 Å². The number of carbonyl (C=O) groups is 2. The van der Waals surface area contributed by atoms with Crippen molar-refractivity contribution in [2.75, 3.05) is 18.1 Å². The third-order valence-electron chi connectivity index (χ3n) is 4.14. The molecule has 1 aliphatic rings. The number of fused-ring (bicyclic) bond motifs is 3. The summed E-state index contributed by atoms with van der Waals surface area (Å²) in [6.45, 7) is 1.43. The molecule has 7 heteroatoms. The molecule has 2 heterocycles. The number of rotatable bonds is 4. The van der Waals surface area contributed by atoms with Crippen molar-refractivity contribution in [1.82, 2.24) is 10.3 Å². The van der Waals surface area contributed by atoms with E-state index in [-0.39, 0.29) is 19.1 Å². The molecule has 130 valence electrons. The number of aliphatic hydroxyl groups is 1. The van der Waals surface area contributed by atoms with Crippen LogP contribution in [0.4, 0.5) is 5.82 Å². The van der Waals surface area contributed by atoms with Gasteiger partial charge in [-0.15, -0.1) is 0 Å². The topological polar surface area (TPSA) is 109 Å². The first-order valence-electron chi connectivity index (χ1n) is 8.07. The molecule has 1 aromatic carbocycles. The Bertz CT molecular complexity index is 806. The molecule has 25 heavy (non-hydrogen) atoms. The average Bonchev–Trinajstić information content (AvgIpc) is 2.71. The molecule has 2 amide bonds. The highest BCUT2D eigenvalue weighted by Gasteiger charge is 2.35. The number of amides is 2. The minimum Gasteiger partial charge on any atom is -0.395 e. The second kappa shape index (κ2) is 7.00. The minimum atomic E-state index is -0.893. The van der Waals surface area contributed by atoms with Crippen LogP contribution in [0.5, 0.6) is 0 Å². The first kappa shape index (κ1) is 17.1. The smallest absolute Gasteiger partial charge is 0.255 e. The van der Waals surface area contributed by atoms with E-state index in [1.54, 1.807) is 25.3 Å². The van der Waals surface area contributed by atoms with Crippen molar-refractivity contribution >= 4 is 17.6 Å². The number of nitrogens with two attached hydrogens (primary N) is 1. The number of carbonyl (C=O) groups excluding carboxylic acids is 2. The van der Waals surface area contributed by atoms with Gasteiger partial charge < -0.3 is 16.2 Å². The lowest BCUT2D eigenvalue weighted by Gasteiger charge is -2.25. The maximum Gasteiger partial charge on any atom is 0.255 e. The van der Waals surface area contributed by atoms with Crippen LogP contribution in [-0.4, -0.2) is 41.1 Å². The van der Waals surface area contributed by atoms with Crippen molar-refractivity contribution < 1.29 is 14.7 Å². The van der Waals surface area contributed by atoms with Crippen LogP contribution in [-0.2, 0) is 9.59 Å². The Morgan fingerprint density at radius 3 is 2.76 bits per heavy atom. The van der Waals surface area contributed by atoms with Crippen molar-refractivity contribution in [1.29, 1.82) is 0 Å². The molecule has 0 unspecified atom stereocenters. The fraction of sp³-hybridized carbons (Fsp3) is 0.278. The number of pyridine rings is 1. The molecule has 0 bridgehead atoms. The molecule has 2 aromatic rings. The predicted molar refractivity (Wildman–Crippen MR) is 93.6 cm³/mol. The minimum absolute atomic E-state index is 0.0847. The lowest BCUT2D eigenvalue weighted by molar-refractivity contribution is -0.128. The molecular formula is C18H20N4O3. The number of hydrogen-bond donors (Lipinski definition) is 3. The van der Waals surface area contributed by atoms with Gasteiger partial charge in [-0.05, 0) is 30.2 Å². The monoisotopic (exact) mass is 340 g/mol. The highest BCUT2D eigenvalue weighted by Crippen LogP contribution is 2.38. The van der Waals surface area contributed by atoms with Crippen LogP contribution < -0.4 is 16.0 Å². The maximum absolute atomic E-state index is 13.1. The van der Waals surface area contributed by atoms with Crippen molar-refractivity contribution in [3.05, 3.63) is 48.2 Å². The van der Waals surface area contributed by atoms with E-state index in [0.717, 1.165) is 11.1 Å². The van der Waals surface area contributed by atoms with E-state index in [4.69, 9.17) is 5.73 Å². The zero-order chi connectivity index (χ0) is 18.0. The Balaban J connectivity index is 2.18. The highest BCUT2D eigenvalue weighted by molar-refractivity contribution is 6.05. The molecule has 1 aliphatic heterocycles. The second-order valence-corrected chi connectivity index (χ2v) is 5.91. The fourth-order valence-corrected chi connectivity index (χ4v) is 2.94. The van der Waals surface area contributed by atoms with Gasteiger partial charge in [0.1, 0.15) is 11.9 Å². The summed E-state index contributed by atoms with van der Waals surface area (Å²) in [5.41, 5.74) is 7.91. The second-order valence-electron chi connectivity index (χ2n) is 5.91. The summed E-state index contributed by atoms with van der Waals surface area (Å²) >= 11 is 0. The SMILES string of the molecule is C[C@H](N)C(=O)N[C@@H]1C(=O)N(CCO)c2ncccc2-c2ccccc21. The van der Waals surface area contributed by atoms with Gasteiger partial charge in [0.15, 0.2) is 0 Å². The van der Waals surface area contributed by atoms with E-state index in [1.165, 1.54) is 4.90 Å². The number of benzene rings is 1. The molecule has 7 nitrogen and oxygen atoms in total. The van der Waals surface area contributed by atoms with Crippen LogP contribution >= 0.6 is 0 Å². The number of nitrogens with zero attached hydrogens (tertiary/aromatic N) is 2. The lowest BCUT2D eigenvalue weighted by Crippen LogP contribution is -2.47. The lowest BCUT2D eigenvalue weighted by atomic mass is 9.96. The van der Waals surface area contributed by atoms with Crippen LogP contribution in [0.2, 0.25) is 0 Å². The quantitative estimate of drug-likeness (QED) is 0.755. The summed E-state index contributed by atoms with van der Waals surface area (Å²) < 4.78 is 0. The van der Waals surface area contributed by atoms with Crippen molar-refractivity contribution in [2.24, 2.45) is 5.73 Å². The largest absolute Gasteiger partial charge is 0.395 e. The third-order valence-corrected chi connectivity index (χ3v) is 4.14. The van der Waals surface area contributed by atoms with E-state index in [9.17, 15) is 14.7 Å². The fourth-order valence-electron chi connectivity index (χ4n) is 2.94. The molecule has 0 saturated carbocycles. The molecule has 0 fully saturated rings. The number of nitrogens with one attached hydrogen (secondary N) is 1. The zero-order valence-corrected chi connectivity index (χ0v) is 13.8. The summed E-state index contributed by atoms with van der Waals surface area (Å²) in [5.74, 6) is -0.310. The summed E-state index contributed by atoms with van der Waals surface area (Å²) in [6.07, 6.45) is 1.60. The Morgan fingerprint density at radius 1 is 1.32 bits per heavy atom. The normalized spacial score (nSPS) is 17.3. The number of β-amino-alcohol motifs (C(OH)–C–C–N with tert-alkyl or cyclic N) is 1. The number of aliphatic hydroxyl groups excluding tert-OH is 1. The van der Waals surface area contributed by atoms with Crippen LogP contribution in [0.15, 0.2) is 42.6 Å². The first-order chi connectivity index (χ1) is 12.0. The van der Waals surface area contributed by atoms with Crippen molar-refractivity contribution in [3.63, 3.8) is 0 Å². The molecular weight excluding hydrogens is 320 g/mol. The van der Waals surface area contributed by atoms with Crippen LogP contribution in [0.1, 0.15) is 18.5 Å². The summed E-state index contributed by atoms with van der Waals surface area (Å²) in [4.78, 5) is 31.0. The number of aromatic nitrogens is 1. The van der Waals surface area contributed by atoms with Gasteiger partial charge in [0.25, 0.3) is 5.91 Å².